The number of amides is 1. The van der Waals surface area contributed by atoms with Crippen molar-refractivity contribution in [3.63, 3.8) is 0 Å². The van der Waals surface area contributed by atoms with Crippen LogP contribution in [0.25, 0.3) is 0 Å². The van der Waals surface area contributed by atoms with E-state index in [1.54, 1.807) is 7.11 Å². The molecule has 0 aromatic heterocycles. The van der Waals surface area contributed by atoms with Crippen LogP contribution in [0.1, 0.15) is 32.8 Å². The fraction of sp³-hybridized carbons (Fsp3) is 0.556. The number of nitrogens with one attached hydrogen (secondary N) is 2. The predicted molar refractivity (Wildman–Crippen MR) is 94.5 cm³/mol. The molecular weight excluding hydrogens is 324 g/mol. The lowest BCUT2D eigenvalue weighted by Gasteiger charge is -2.19. The van der Waals surface area contributed by atoms with Gasteiger partial charge in [0.1, 0.15) is 18.0 Å². The van der Waals surface area contributed by atoms with E-state index in [4.69, 9.17) is 14.2 Å². The first-order chi connectivity index (χ1) is 11.8. The van der Waals surface area contributed by atoms with Crippen LogP contribution in [0.15, 0.2) is 24.3 Å². The maximum Gasteiger partial charge on any atom is 0.407 e. The number of carbonyl (C=O) groups excluding carboxylic acids is 2. The second-order valence-electron chi connectivity index (χ2n) is 6.47. The molecule has 25 heavy (non-hydrogen) atoms. The molecule has 1 aromatic carbocycles. The average Bonchev–Trinajstić information content (AvgIpc) is 2.55. The van der Waals surface area contributed by atoms with Crippen LogP contribution in [0.5, 0.6) is 5.75 Å². The Kier molecular flexibility index (Phi) is 8.77. The van der Waals surface area contributed by atoms with Gasteiger partial charge in [0, 0.05) is 6.54 Å². The summed E-state index contributed by atoms with van der Waals surface area (Å²) in [6.45, 7) is 6.85. The molecule has 7 heteroatoms. The average molecular weight is 352 g/mol. The summed E-state index contributed by atoms with van der Waals surface area (Å²) in [5, 5.41) is 5.63. The van der Waals surface area contributed by atoms with Gasteiger partial charge in [0.05, 0.1) is 13.7 Å². The van der Waals surface area contributed by atoms with Crippen LogP contribution in [0, 0.1) is 0 Å². The molecule has 1 aromatic rings. The molecule has 1 amide bonds. The Labute approximate surface area is 149 Å². The van der Waals surface area contributed by atoms with Crippen molar-refractivity contribution in [2.45, 2.75) is 39.4 Å². The van der Waals surface area contributed by atoms with E-state index in [0.717, 1.165) is 11.3 Å². The molecule has 0 saturated heterocycles. The lowest BCUT2D eigenvalue weighted by Crippen LogP contribution is -2.34. The fourth-order valence-corrected chi connectivity index (χ4v) is 1.85. The van der Waals surface area contributed by atoms with Gasteiger partial charge in [0.15, 0.2) is 0 Å². The van der Waals surface area contributed by atoms with Crippen LogP contribution in [-0.2, 0) is 20.9 Å². The lowest BCUT2D eigenvalue weighted by molar-refractivity contribution is -0.143. The molecule has 7 nitrogen and oxygen atoms in total. The maximum absolute atomic E-state index is 11.6. The predicted octanol–water partition coefficient (Wildman–Crippen LogP) is 2.24. The molecule has 0 aliphatic rings. The fourth-order valence-electron chi connectivity index (χ4n) is 1.85. The Hall–Kier alpha value is -2.28. The largest absolute Gasteiger partial charge is 0.497 e. The summed E-state index contributed by atoms with van der Waals surface area (Å²) in [5.74, 6) is 0.438. The third-order valence-electron chi connectivity index (χ3n) is 3.03. The molecule has 0 aliphatic carbocycles. The lowest BCUT2D eigenvalue weighted by atomic mass is 10.2. The van der Waals surface area contributed by atoms with Gasteiger partial charge in [-0.1, -0.05) is 12.1 Å². The quantitative estimate of drug-likeness (QED) is 0.524. The van der Waals surface area contributed by atoms with Crippen LogP contribution in [-0.4, -0.2) is 44.4 Å². The highest BCUT2D eigenvalue weighted by Crippen LogP contribution is 2.11. The van der Waals surface area contributed by atoms with Gasteiger partial charge < -0.3 is 24.8 Å². The molecule has 140 valence electrons. The van der Waals surface area contributed by atoms with E-state index in [1.165, 1.54) is 0 Å². The van der Waals surface area contributed by atoms with Gasteiger partial charge in [0.25, 0.3) is 0 Å². The van der Waals surface area contributed by atoms with E-state index in [9.17, 15) is 9.59 Å². The molecule has 0 aliphatic heterocycles. The summed E-state index contributed by atoms with van der Waals surface area (Å²) in [5.41, 5.74) is 0.395. The standard InChI is InChI=1S/C18H28N2O5/c1-18(2,3)25-17(22)20-11-5-10-19-12-16(21)24-13-14-6-8-15(23-4)9-7-14/h6-9,19H,5,10-13H2,1-4H3,(H,20,22). The first-order valence-electron chi connectivity index (χ1n) is 8.26. The minimum absolute atomic E-state index is 0.128. The second kappa shape index (κ2) is 10.6. The van der Waals surface area contributed by atoms with Crippen molar-refractivity contribution >= 4 is 12.1 Å². The highest BCUT2D eigenvalue weighted by atomic mass is 16.6. The number of hydrogen-bond donors (Lipinski definition) is 2. The van der Waals surface area contributed by atoms with Gasteiger partial charge in [-0.3, -0.25) is 4.79 Å². The van der Waals surface area contributed by atoms with Crippen molar-refractivity contribution in [1.29, 1.82) is 0 Å². The van der Waals surface area contributed by atoms with Crippen LogP contribution in [0.2, 0.25) is 0 Å². The van der Waals surface area contributed by atoms with Gasteiger partial charge in [-0.2, -0.15) is 0 Å². The van der Waals surface area contributed by atoms with Crippen LogP contribution in [0.3, 0.4) is 0 Å². The zero-order valence-corrected chi connectivity index (χ0v) is 15.4. The summed E-state index contributed by atoms with van der Waals surface area (Å²) < 4.78 is 15.4. The summed E-state index contributed by atoms with van der Waals surface area (Å²) in [4.78, 5) is 23.1. The molecule has 0 bridgehead atoms. The maximum atomic E-state index is 11.6. The van der Waals surface area contributed by atoms with Crippen molar-refractivity contribution < 1.29 is 23.8 Å². The Balaban J connectivity index is 2.06. The Morgan fingerprint density at radius 3 is 2.36 bits per heavy atom. The minimum atomic E-state index is -0.504. The van der Waals surface area contributed by atoms with Crippen molar-refractivity contribution in [3.8, 4) is 5.75 Å². The summed E-state index contributed by atoms with van der Waals surface area (Å²) in [6, 6.07) is 7.34. The van der Waals surface area contributed by atoms with Crippen LogP contribution < -0.4 is 15.4 Å². The highest BCUT2D eigenvalue weighted by molar-refractivity contribution is 5.71. The Bertz CT molecular complexity index is 537. The number of carbonyl (C=O) groups is 2. The normalized spacial score (nSPS) is 10.9. The van der Waals surface area contributed by atoms with Crippen molar-refractivity contribution in [3.05, 3.63) is 29.8 Å². The second-order valence-corrected chi connectivity index (χ2v) is 6.47. The smallest absolute Gasteiger partial charge is 0.407 e. The summed E-state index contributed by atoms with van der Waals surface area (Å²) in [6.07, 6.45) is 0.247. The Morgan fingerprint density at radius 2 is 1.76 bits per heavy atom. The van der Waals surface area contributed by atoms with Crippen molar-refractivity contribution in [1.82, 2.24) is 10.6 Å². The SMILES string of the molecule is COc1ccc(COC(=O)CNCCCNC(=O)OC(C)(C)C)cc1. The van der Waals surface area contributed by atoms with Gasteiger partial charge in [-0.25, -0.2) is 4.79 Å². The third-order valence-corrected chi connectivity index (χ3v) is 3.03. The van der Waals surface area contributed by atoms with E-state index in [-0.39, 0.29) is 19.1 Å². The van der Waals surface area contributed by atoms with E-state index < -0.39 is 11.7 Å². The monoisotopic (exact) mass is 352 g/mol. The van der Waals surface area contributed by atoms with E-state index in [2.05, 4.69) is 10.6 Å². The number of rotatable bonds is 9. The zero-order valence-electron chi connectivity index (χ0n) is 15.4. The summed E-state index contributed by atoms with van der Waals surface area (Å²) in [7, 11) is 1.60. The van der Waals surface area contributed by atoms with Gasteiger partial charge >= 0.3 is 12.1 Å². The van der Waals surface area contributed by atoms with E-state index in [0.29, 0.717) is 19.5 Å². The van der Waals surface area contributed by atoms with Crippen molar-refractivity contribution in [2.75, 3.05) is 26.7 Å². The minimum Gasteiger partial charge on any atom is -0.497 e. The molecule has 1 rings (SSSR count). The first kappa shape index (κ1) is 20.8. The van der Waals surface area contributed by atoms with Crippen LogP contribution >= 0.6 is 0 Å². The molecule has 0 radical (unpaired) electrons. The van der Waals surface area contributed by atoms with Crippen molar-refractivity contribution in [2.24, 2.45) is 0 Å². The number of hydrogen-bond acceptors (Lipinski definition) is 6. The van der Waals surface area contributed by atoms with Crippen LogP contribution in [0.4, 0.5) is 4.79 Å². The number of benzene rings is 1. The number of esters is 1. The molecule has 2 N–H and O–H groups in total. The Morgan fingerprint density at radius 1 is 1.08 bits per heavy atom. The zero-order chi connectivity index (χ0) is 18.7. The molecule has 0 spiro atoms. The van der Waals surface area contributed by atoms with Gasteiger partial charge in [-0.15, -0.1) is 0 Å². The third kappa shape index (κ3) is 10.2. The summed E-state index contributed by atoms with van der Waals surface area (Å²) >= 11 is 0. The molecule has 0 unspecified atom stereocenters. The van der Waals surface area contributed by atoms with E-state index >= 15 is 0 Å². The topological polar surface area (TPSA) is 85.9 Å². The molecule has 0 heterocycles. The molecular formula is C18H28N2O5. The molecule has 0 fully saturated rings. The molecule has 0 saturated carbocycles. The number of alkyl carbamates (subject to hydrolysis) is 1. The van der Waals surface area contributed by atoms with E-state index in [1.807, 2.05) is 45.0 Å². The van der Waals surface area contributed by atoms with Gasteiger partial charge in [0.2, 0.25) is 0 Å². The molecule has 0 atom stereocenters. The highest BCUT2D eigenvalue weighted by Gasteiger charge is 2.15. The number of methoxy groups -OCH3 is 1. The first-order valence-corrected chi connectivity index (χ1v) is 8.26. The number of ether oxygens (including phenoxy) is 3. The van der Waals surface area contributed by atoms with Gasteiger partial charge in [-0.05, 0) is 51.4 Å².